The molecule has 0 radical (unpaired) electrons. The van der Waals surface area contributed by atoms with Crippen LogP contribution in [-0.4, -0.2) is 41.0 Å². The molecule has 1 atom stereocenters. The van der Waals surface area contributed by atoms with Gasteiger partial charge >= 0.3 is 12.1 Å². The highest BCUT2D eigenvalue weighted by Crippen LogP contribution is 2.32. The molecule has 5 nitrogen and oxygen atoms in total. The number of alkyl halides is 3. The summed E-state index contributed by atoms with van der Waals surface area (Å²) in [6.45, 7) is 3.04. The first-order valence-corrected chi connectivity index (χ1v) is 7.46. The molecule has 0 saturated heterocycles. The van der Waals surface area contributed by atoms with Gasteiger partial charge in [-0.05, 0) is 30.7 Å². The van der Waals surface area contributed by atoms with Gasteiger partial charge in [-0.25, -0.2) is 0 Å². The van der Waals surface area contributed by atoms with Crippen LogP contribution >= 0.6 is 11.6 Å². The Morgan fingerprint density at radius 1 is 1.33 bits per heavy atom. The SMILES string of the molecule is CC(=O)NCCN(Cc1cc(Cl)cc(C(F)(F)F)c1)C(C)C(=O)O. The van der Waals surface area contributed by atoms with Crippen molar-refractivity contribution < 1.29 is 27.9 Å². The van der Waals surface area contributed by atoms with Crippen LogP contribution in [-0.2, 0) is 22.3 Å². The minimum absolute atomic E-state index is 0.0449. The lowest BCUT2D eigenvalue weighted by atomic mass is 10.1. The number of halogens is 4. The van der Waals surface area contributed by atoms with E-state index in [1.165, 1.54) is 24.8 Å². The van der Waals surface area contributed by atoms with Crippen LogP contribution in [0.15, 0.2) is 18.2 Å². The lowest BCUT2D eigenvalue weighted by Crippen LogP contribution is -2.42. The summed E-state index contributed by atoms with van der Waals surface area (Å²) in [6, 6.07) is 2.17. The number of carboxylic acids is 1. The van der Waals surface area contributed by atoms with Gasteiger partial charge in [-0.1, -0.05) is 11.6 Å². The Morgan fingerprint density at radius 3 is 2.46 bits per heavy atom. The number of hydrogen-bond donors (Lipinski definition) is 2. The predicted octanol–water partition coefficient (Wildman–Crippen LogP) is 2.77. The molecule has 1 rings (SSSR count). The highest BCUT2D eigenvalue weighted by atomic mass is 35.5. The number of carboxylic acid groups (broad SMARTS) is 1. The Balaban J connectivity index is 2.98. The van der Waals surface area contributed by atoms with E-state index in [0.29, 0.717) is 0 Å². The van der Waals surface area contributed by atoms with Crippen molar-refractivity contribution in [2.75, 3.05) is 13.1 Å². The second kappa shape index (κ2) is 8.34. The van der Waals surface area contributed by atoms with Crippen LogP contribution < -0.4 is 5.32 Å². The Morgan fingerprint density at radius 2 is 1.96 bits per heavy atom. The third kappa shape index (κ3) is 6.37. The zero-order valence-electron chi connectivity index (χ0n) is 13.2. The fourth-order valence-corrected chi connectivity index (χ4v) is 2.34. The van der Waals surface area contributed by atoms with Crippen molar-refractivity contribution in [3.63, 3.8) is 0 Å². The van der Waals surface area contributed by atoms with Gasteiger partial charge in [-0.3, -0.25) is 14.5 Å². The standard InChI is InChI=1S/C15H18ClF3N2O3/c1-9(14(23)24)21(4-3-20-10(2)22)8-11-5-12(15(17,18)19)7-13(16)6-11/h5-7,9H,3-4,8H2,1-2H3,(H,20,22)(H,23,24). The number of benzene rings is 1. The average molecular weight is 367 g/mol. The molecule has 24 heavy (non-hydrogen) atoms. The van der Waals surface area contributed by atoms with Crippen molar-refractivity contribution in [1.82, 2.24) is 10.2 Å². The van der Waals surface area contributed by atoms with Crippen LogP contribution in [0, 0.1) is 0 Å². The van der Waals surface area contributed by atoms with Crippen LogP contribution in [0.1, 0.15) is 25.0 Å². The second-order valence-corrected chi connectivity index (χ2v) is 5.75. The van der Waals surface area contributed by atoms with Crippen LogP contribution in [0.2, 0.25) is 5.02 Å². The van der Waals surface area contributed by atoms with Gasteiger partial charge in [-0.15, -0.1) is 0 Å². The minimum Gasteiger partial charge on any atom is -0.480 e. The number of carbonyl (C=O) groups excluding carboxylic acids is 1. The molecule has 0 aliphatic rings. The van der Waals surface area contributed by atoms with Gasteiger partial charge in [0.2, 0.25) is 5.91 Å². The van der Waals surface area contributed by atoms with Crippen LogP contribution in [0.4, 0.5) is 13.2 Å². The highest BCUT2D eigenvalue weighted by Gasteiger charge is 2.31. The molecule has 0 aromatic heterocycles. The van der Waals surface area contributed by atoms with E-state index in [4.69, 9.17) is 16.7 Å². The summed E-state index contributed by atoms with van der Waals surface area (Å²) >= 11 is 5.74. The van der Waals surface area contributed by atoms with Gasteiger partial charge in [0.1, 0.15) is 6.04 Å². The molecule has 1 amide bonds. The third-order valence-electron chi connectivity index (χ3n) is 3.35. The summed E-state index contributed by atoms with van der Waals surface area (Å²) in [4.78, 5) is 23.5. The largest absolute Gasteiger partial charge is 0.480 e. The zero-order chi connectivity index (χ0) is 18.5. The summed E-state index contributed by atoms with van der Waals surface area (Å²) in [7, 11) is 0. The molecule has 9 heteroatoms. The van der Waals surface area contributed by atoms with E-state index in [2.05, 4.69) is 5.32 Å². The molecular weight excluding hydrogens is 349 g/mol. The Bertz CT molecular complexity index is 608. The molecule has 0 heterocycles. The van der Waals surface area contributed by atoms with Gasteiger partial charge in [0, 0.05) is 31.6 Å². The lowest BCUT2D eigenvalue weighted by molar-refractivity contribution is -0.143. The summed E-state index contributed by atoms with van der Waals surface area (Å²) in [5, 5.41) is 11.6. The third-order valence-corrected chi connectivity index (χ3v) is 3.57. The molecule has 0 bridgehead atoms. The molecular formula is C15H18ClF3N2O3. The van der Waals surface area contributed by atoms with Gasteiger partial charge in [0.05, 0.1) is 5.56 Å². The van der Waals surface area contributed by atoms with E-state index in [1.54, 1.807) is 0 Å². The first-order valence-electron chi connectivity index (χ1n) is 7.08. The zero-order valence-corrected chi connectivity index (χ0v) is 13.9. The van der Waals surface area contributed by atoms with Crippen LogP contribution in [0.5, 0.6) is 0 Å². The van der Waals surface area contributed by atoms with Crippen molar-refractivity contribution in [3.05, 3.63) is 34.3 Å². The van der Waals surface area contributed by atoms with E-state index in [9.17, 15) is 22.8 Å². The molecule has 0 saturated carbocycles. The summed E-state index contributed by atoms with van der Waals surface area (Å²) < 4.78 is 38.5. The molecule has 0 fully saturated rings. The molecule has 0 spiro atoms. The molecule has 1 aromatic rings. The van der Waals surface area contributed by atoms with Gasteiger partial charge in [-0.2, -0.15) is 13.2 Å². The number of rotatable bonds is 7. The number of hydrogen-bond acceptors (Lipinski definition) is 3. The molecule has 1 aromatic carbocycles. The maximum absolute atomic E-state index is 12.8. The van der Waals surface area contributed by atoms with Crippen molar-refractivity contribution >= 4 is 23.5 Å². The number of aliphatic carboxylic acids is 1. The fraction of sp³-hybridized carbons (Fsp3) is 0.467. The number of nitrogens with zero attached hydrogens (tertiary/aromatic N) is 1. The minimum atomic E-state index is -4.54. The van der Waals surface area contributed by atoms with E-state index < -0.39 is 23.8 Å². The van der Waals surface area contributed by atoms with Crippen molar-refractivity contribution in [2.45, 2.75) is 32.6 Å². The summed E-state index contributed by atoms with van der Waals surface area (Å²) in [6.07, 6.45) is -4.54. The maximum Gasteiger partial charge on any atom is 0.416 e. The summed E-state index contributed by atoms with van der Waals surface area (Å²) in [5.74, 6) is -1.39. The van der Waals surface area contributed by atoms with E-state index in [1.807, 2.05) is 0 Å². The van der Waals surface area contributed by atoms with Crippen LogP contribution in [0.25, 0.3) is 0 Å². The average Bonchev–Trinajstić information content (AvgIpc) is 2.43. The maximum atomic E-state index is 12.8. The number of amides is 1. The molecule has 0 aliphatic carbocycles. The van der Waals surface area contributed by atoms with Gasteiger partial charge in [0.15, 0.2) is 0 Å². The summed E-state index contributed by atoms with van der Waals surface area (Å²) in [5.41, 5.74) is -0.652. The smallest absolute Gasteiger partial charge is 0.416 e. The van der Waals surface area contributed by atoms with Crippen molar-refractivity contribution in [1.29, 1.82) is 0 Å². The lowest BCUT2D eigenvalue weighted by Gasteiger charge is -2.26. The first-order chi connectivity index (χ1) is 11.0. The van der Waals surface area contributed by atoms with Crippen molar-refractivity contribution in [2.24, 2.45) is 0 Å². The van der Waals surface area contributed by atoms with E-state index in [0.717, 1.165) is 12.1 Å². The molecule has 1 unspecified atom stereocenters. The Kier molecular flexibility index (Phi) is 7.04. The Labute approximate surface area is 142 Å². The second-order valence-electron chi connectivity index (χ2n) is 5.31. The van der Waals surface area contributed by atoms with E-state index in [-0.39, 0.29) is 36.1 Å². The highest BCUT2D eigenvalue weighted by molar-refractivity contribution is 6.30. The normalized spacial score (nSPS) is 13.0. The quantitative estimate of drug-likeness (QED) is 0.778. The topological polar surface area (TPSA) is 69.6 Å². The molecule has 0 aliphatic heterocycles. The molecule has 2 N–H and O–H groups in total. The van der Waals surface area contributed by atoms with Crippen molar-refractivity contribution in [3.8, 4) is 0 Å². The monoisotopic (exact) mass is 366 g/mol. The number of nitrogens with one attached hydrogen (secondary N) is 1. The Hall–Kier alpha value is -1.80. The van der Waals surface area contributed by atoms with Crippen LogP contribution in [0.3, 0.4) is 0 Å². The first kappa shape index (κ1) is 20.2. The van der Waals surface area contributed by atoms with Gasteiger partial charge < -0.3 is 10.4 Å². The molecule has 134 valence electrons. The van der Waals surface area contributed by atoms with E-state index >= 15 is 0 Å². The van der Waals surface area contributed by atoms with Gasteiger partial charge in [0.25, 0.3) is 0 Å². The predicted molar refractivity (Wildman–Crippen MR) is 82.6 cm³/mol. The fourth-order valence-electron chi connectivity index (χ4n) is 2.08. The number of carbonyl (C=O) groups is 2.